The highest BCUT2D eigenvalue weighted by molar-refractivity contribution is 5.55. The van der Waals surface area contributed by atoms with E-state index in [-0.39, 0.29) is 0 Å². The van der Waals surface area contributed by atoms with Crippen molar-refractivity contribution in [3.8, 4) is 6.07 Å². The molecule has 0 aliphatic heterocycles. The number of anilines is 1. The van der Waals surface area contributed by atoms with Gasteiger partial charge in [0.2, 0.25) is 0 Å². The Balaban J connectivity index is 2.72. The van der Waals surface area contributed by atoms with Gasteiger partial charge in [-0.1, -0.05) is 26.3 Å². The van der Waals surface area contributed by atoms with Crippen LogP contribution in [-0.4, -0.2) is 6.54 Å². The summed E-state index contributed by atoms with van der Waals surface area (Å²) in [5, 5.41) is 12.2. The van der Waals surface area contributed by atoms with E-state index in [1.807, 2.05) is 18.2 Å². The second-order valence-corrected chi connectivity index (χ2v) is 4.04. The normalized spacial score (nSPS) is 11.9. The topological polar surface area (TPSA) is 35.8 Å². The number of hydrogen-bond donors (Lipinski definition) is 1. The lowest BCUT2D eigenvalue weighted by Crippen LogP contribution is -2.11. The predicted molar refractivity (Wildman–Crippen MR) is 63.8 cm³/mol. The summed E-state index contributed by atoms with van der Waals surface area (Å²) in [5.74, 6) is 0.662. The van der Waals surface area contributed by atoms with E-state index in [0.29, 0.717) is 11.5 Å². The number of hydrogen-bond acceptors (Lipinski definition) is 2. The van der Waals surface area contributed by atoms with Crippen molar-refractivity contribution in [3.63, 3.8) is 0 Å². The standard InChI is InChI=1S/C13H18N2/c1-4-10(2)9-15-13-7-12(8-14)6-5-11(13)3/h5-7,10,15H,4,9H2,1-3H3/t10-/m1/s1. The highest BCUT2D eigenvalue weighted by atomic mass is 14.9. The van der Waals surface area contributed by atoms with Crippen LogP contribution in [0.25, 0.3) is 0 Å². The van der Waals surface area contributed by atoms with Gasteiger partial charge < -0.3 is 5.32 Å². The quantitative estimate of drug-likeness (QED) is 0.813. The SMILES string of the molecule is CC[C@@H](C)CNc1cc(C#N)ccc1C. The Morgan fingerprint density at radius 1 is 1.47 bits per heavy atom. The van der Waals surface area contributed by atoms with E-state index in [1.165, 1.54) is 12.0 Å². The molecule has 0 saturated heterocycles. The van der Waals surface area contributed by atoms with Crippen molar-refractivity contribution in [2.24, 2.45) is 5.92 Å². The highest BCUT2D eigenvalue weighted by Crippen LogP contribution is 2.17. The Morgan fingerprint density at radius 3 is 2.80 bits per heavy atom. The van der Waals surface area contributed by atoms with Gasteiger partial charge in [-0.25, -0.2) is 0 Å². The van der Waals surface area contributed by atoms with E-state index in [4.69, 9.17) is 5.26 Å². The second-order valence-electron chi connectivity index (χ2n) is 4.04. The molecule has 2 nitrogen and oxygen atoms in total. The number of rotatable bonds is 4. The Hall–Kier alpha value is -1.49. The zero-order chi connectivity index (χ0) is 11.3. The van der Waals surface area contributed by atoms with Crippen LogP contribution in [0, 0.1) is 24.2 Å². The molecule has 1 atom stereocenters. The molecular weight excluding hydrogens is 184 g/mol. The summed E-state index contributed by atoms with van der Waals surface area (Å²) in [4.78, 5) is 0. The summed E-state index contributed by atoms with van der Waals surface area (Å²) in [5.41, 5.74) is 2.99. The molecule has 1 N–H and O–H groups in total. The van der Waals surface area contributed by atoms with E-state index < -0.39 is 0 Å². The molecule has 1 aromatic carbocycles. The van der Waals surface area contributed by atoms with Gasteiger partial charge in [0.25, 0.3) is 0 Å². The zero-order valence-electron chi connectivity index (χ0n) is 9.67. The molecule has 0 spiro atoms. The lowest BCUT2D eigenvalue weighted by molar-refractivity contribution is 0.593. The van der Waals surface area contributed by atoms with Crippen molar-refractivity contribution in [1.29, 1.82) is 5.26 Å². The Bertz CT molecular complexity index is 363. The molecule has 0 aromatic heterocycles. The molecule has 0 heterocycles. The monoisotopic (exact) mass is 202 g/mol. The molecule has 80 valence electrons. The minimum absolute atomic E-state index is 0.662. The van der Waals surface area contributed by atoms with Gasteiger partial charge in [-0.2, -0.15) is 5.26 Å². The number of nitrogens with zero attached hydrogens (tertiary/aromatic N) is 1. The Morgan fingerprint density at radius 2 is 2.20 bits per heavy atom. The molecule has 0 radical (unpaired) electrons. The fraction of sp³-hybridized carbons (Fsp3) is 0.462. The number of nitrogens with one attached hydrogen (secondary N) is 1. The molecule has 2 heteroatoms. The van der Waals surface area contributed by atoms with Crippen LogP contribution >= 0.6 is 0 Å². The van der Waals surface area contributed by atoms with Crippen LogP contribution in [-0.2, 0) is 0 Å². The maximum atomic E-state index is 8.80. The molecule has 0 saturated carbocycles. The minimum Gasteiger partial charge on any atom is -0.385 e. The van der Waals surface area contributed by atoms with Crippen LogP contribution in [0.1, 0.15) is 31.4 Å². The summed E-state index contributed by atoms with van der Waals surface area (Å²) in [6.07, 6.45) is 1.17. The molecule has 0 fully saturated rings. The third kappa shape index (κ3) is 3.28. The molecule has 0 unspecified atom stereocenters. The molecule has 1 aromatic rings. The van der Waals surface area contributed by atoms with Crippen LogP contribution in [0.4, 0.5) is 5.69 Å². The van der Waals surface area contributed by atoms with Crippen LogP contribution in [0.15, 0.2) is 18.2 Å². The van der Waals surface area contributed by atoms with Gasteiger partial charge in [0.15, 0.2) is 0 Å². The van der Waals surface area contributed by atoms with Crippen molar-refractivity contribution >= 4 is 5.69 Å². The van der Waals surface area contributed by atoms with Crippen molar-refractivity contribution in [2.75, 3.05) is 11.9 Å². The van der Waals surface area contributed by atoms with E-state index >= 15 is 0 Å². The first-order valence-corrected chi connectivity index (χ1v) is 5.42. The molecule has 0 aliphatic rings. The molecule has 1 rings (SSSR count). The summed E-state index contributed by atoms with van der Waals surface area (Å²) in [7, 11) is 0. The van der Waals surface area contributed by atoms with Gasteiger partial charge in [-0.05, 0) is 30.5 Å². The summed E-state index contributed by atoms with van der Waals surface area (Å²) >= 11 is 0. The van der Waals surface area contributed by atoms with E-state index in [1.54, 1.807) is 0 Å². The largest absolute Gasteiger partial charge is 0.385 e. The molecular formula is C13H18N2. The number of benzene rings is 1. The average molecular weight is 202 g/mol. The van der Waals surface area contributed by atoms with E-state index in [2.05, 4.69) is 32.2 Å². The van der Waals surface area contributed by atoms with Crippen molar-refractivity contribution < 1.29 is 0 Å². The van der Waals surface area contributed by atoms with Crippen LogP contribution in [0.3, 0.4) is 0 Å². The van der Waals surface area contributed by atoms with Gasteiger partial charge in [-0.15, -0.1) is 0 Å². The van der Waals surface area contributed by atoms with Crippen molar-refractivity contribution in [3.05, 3.63) is 29.3 Å². The maximum Gasteiger partial charge on any atom is 0.0992 e. The minimum atomic E-state index is 0.662. The molecule has 0 amide bonds. The first-order valence-electron chi connectivity index (χ1n) is 5.42. The van der Waals surface area contributed by atoms with Crippen LogP contribution < -0.4 is 5.32 Å². The van der Waals surface area contributed by atoms with Gasteiger partial charge in [-0.3, -0.25) is 0 Å². The lowest BCUT2D eigenvalue weighted by Gasteiger charge is -2.13. The van der Waals surface area contributed by atoms with Gasteiger partial charge >= 0.3 is 0 Å². The average Bonchev–Trinajstić information content (AvgIpc) is 2.27. The molecule has 0 aliphatic carbocycles. The second kappa shape index (κ2) is 5.41. The molecule has 0 bridgehead atoms. The van der Waals surface area contributed by atoms with E-state index in [0.717, 1.165) is 12.2 Å². The summed E-state index contributed by atoms with van der Waals surface area (Å²) in [6, 6.07) is 7.91. The Labute approximate surface area is 91.9 Å². The van der Waals surface area contributed by atoms with Crippen molar-refractivity contribution in [2.45, 2.75) is 27.2 Å². The van der Waals surface area contributed by atoms with E-state index in [9.17, 15) is 0 Å². The zero-order valence-corrected chi connectivity index (χ0v) is 9.67. The fourth-order valence-corrected chi connectivity index (χ4v) is 1.31. The Kier molecular flexibility index (Phi) is 4.17. The summed E-state index contributed by atoms with van der Waals surface area (Å²) < 4.78 is 0. The number of aryl methyl sites for hydroxylation is 1. The maximum absolute atomic E-state index is 8.80. The fourth-order valence-electron chi connectivity index (χ4n) is 1.31. The highest BCUT2D eigenvalue weighted by Gasteiger charge is 2.02. The number of nitriles is 1. The van der Waals surface area contributed by atoms with Gasteiger partial charge in [0.05, 0.1) is 11.6 Å². The van der Waals surface area contributed by atoms with Crippen LogP contribution in [0.5, 0.6) is 0 Å². The predicted octanol–water partition coefficient (Wildman–Crippen LogP) is 3.32. The summed E-state index contributed by atoms with van der Waals surface area (Å²) in [6.45, 7) is 7.42. The third-order valence-corrected chi connectivity index (χ3v) is 2.70. The molecule has 15 heavy (non-hydrogen) atoms. The first kappa shape index (κ1) is 11.6. The van der Waals surface area contributed by atoms with Crippen molar-refractivity contribution in [1.82, 2.24) is 0 Å². The van der Waals surface area contributed by atoms with Gasteiger partial charge in [0, 0.05) is 12.2 Å². The first-order chi connectivity index (χ1) is 7.17. The lowest BCUT2D eigenvalue weighted by atomic mass is 10.1. The van der Waals surface area contributed by atoms with Gasteiger partial charge in [0.1, 0.15) is 0 Å². The van der Waals surface area contributed by atoms with Crippen LogP contribution in [0.2, 0.25) is 0 Å². The smallest absolute Gasteiger partial charge is 0.0992 e. The third-order valence-electron chi connectivity index (χ3n) is 2.70.